The maximum atomic E-state index is 14.9. The van der Waals surface area contributed by atoms with E-state index in [2.05, 4.69) is 26.6 Å². The van der Waals surface area contributed by atoms with Crippen LogP contribution in [0.15, 0.2) is 200 Å². The summed E-state index contributed by atoms with van der Waals surface area (Å²) in [6.45, 7) is -4.39. The van der Waals surface area contributed by atoms with E-state index in [9.17, 15) is 41.9 Å². The van der Waals surface area contributed by atoms with Gasteiger partial charge < -0.3 is 43.1 Å². The van der Waals surface area contributed by atoms with Crippen LogP contribution in [-0.2, 0) is 58.2 Å². The van der Waals surface area contributed by atoms with Crippen molar-refractivity contribution in [2.75, 3.05) is 131 Å². The quantitative estimate of drug-likeness (QED) is 0.0437. The molecule has 0 bridgehead atoms. The number of benzene rings is 9. The summed E-state index contributed by atoms with van der Waals surface area (Å²) in [7, 11) is 0. The normalized spacial score (nSPS) is 20.8. The molecule has 1 atom stereocenters. The van der Waals surface area contributed by atoms with Crippen molar-refractivity contribution in [3.05, 3.63) is 301 Å². The molecular weight excluding hydrogens is 1610 g/mol. The number of pyridine rings is 3. The van der Waals surface area contributed by atoms with Gasteiger partial charge >= 0.3 is 0 Å². The largest absolute Gasteiger partial charge is 0.486 e. The number of hydrogen-bond donors (Lipinski definition) is 0. The molecule has 9 heterocycles. The summed E-state index contributed by atoms with van der Waals surface area (Å²) in [5.74, 6) is -1.18. The van der Waals surface area contributed by atoms with Gasteiger partial charge in [-0.3, -0.25) is 58.4 Å². The fourth-order valence-electron chi connectivity index (χ4n) is 15.7. The Morgan fingerprint density at radius 2 is 0.701 bits per heavy atom. The Labute approximate surface area is 759 Å². The summed E-state index contributed by atoms with van der Waals surface area (Å²) >= 11 is 0. The van der Waals surface area contributed by atoms with Crippen molar-refractivity contribution in [3.8, 4) is 34.5 Å². The highest BCUT2D eigenvalue weighted by Gasteiger charge is 2.27. The third-order valence-corrected chi connectivity index (χ3v) is 22.9. The number of rotatable bonds is 27. The number of fused-ring (bicyclic) bond motifs is 6. The van der Waals surface area contributed by atoms with Crippen molar-refractivity contribution in [2.24, 2.45) is 0 Å². The van der Waals surface area contributed by atoms with E-state index < -0.39 is 69.4 Å². The second-order valence-corrected chi connectivity index (χ2v) is 31.6. The number of piperazine rings is 3. The lowest BCUT2D eigenvalue weighted by Gasteiger charge is -2.39. The maximum absolute atomic E-state index is 14.9. The monoisotopic (exact) mass is 1730 g/mol. The predicted molar refractivity (Wildman–Crippen MR) is 482 cm³/mol. The Kier molecular flexibility index (Phi) is 22.5. The molecule has 0 aliphatic carbocycles. The first-order valence-electron chi connectivity index (χ1n) is 50.2. The summed E-state index contributed by atoms with van der Waals surface area (Å²) in [6.07, 6.45) is -0.670. The molecule has 654 valence electrons. The van der Waals surface area contributed by atoms with Crippen LogP contribution in [-0.4, -0.2) is 216 Å². The lowest BCUT2D eigenvalue weighted by Crippen LogP contribution is -2.51. The number of carbonyl (C=O) groups is 6. The molecule has 1 unspecified atom stereocenters. The minimum absolute atomic E-state index is 0.00452. The van der Waals surface area contributed by atoms with Gasteiger partial charge in [-0.1, -0.05) is 75.3 Å². The van der Waals surface area contributed by atoms with Crippen molar-refractivity contribution in [2.45, 2.75) is 91.8 Å². The number of ether oxygens (including phenoxy) is 6. The summed E-state index contributed by atoms with van der Waals surface area (Å²) in [6, 6.07) is 50.9. The van der Waals surface area contributed by atoms with Gasteiger partial charge in [0.2, 0.25) is 0 Å². The molecule has 21 nitrogen and oxygen atoms in total. The highest BCUT2D eigenvalue weighted by atomic mass is 19.1. The molecule has 127 heavy (non-hydrogen) atoms. The summed E-state index contributed by atoms with van der Waals surface area (Å²) in [4.78, 5) is 103. The Bertz CT molecular complexity index is 6880. The molecule has 0 radical (unpaired) electrons. The zero-order chi connectivity index (χ0) is 102. The second-order valence-electron chi connectivity index (χ2n) is 31.6. The highest BCUT2D eigenvalue weighted by molar-refractivity contribution is 6.04. The van der Waals surface area contributed by atoms with Crippen LogP contribution in [0.3, 0.4) is 0 Å². The van der Waals surface area contributed by atoms with Gasteiger partial charge in [-0.2, -0.15) is 0 Å². The zero-order valence-corrected chi connectivity index (χ0v) is 70.4. The molecule has 6 aliphatic rings. The fraction of sp³-hybridized carbons (Fsp3) is 0.330. The van der Waals surface area contributed by atoms with Crippen LogP contribution >= 0.6 is 0 Å². The predicted octanol–water partition coefficient (Wildman–Crippen LogP) is 15.8. The van der Waals surface area contributed by atoms with Crippen LogP contribution in [0.2, 0.25) is 0 Å². The average molecular weight is 1730 g/mol. The SMILES string of the molecule is [2H]C([2H])([2H])C([2H])([2H])N1CCN(Cc2ccc3cc(C(=O)Cc4cc(CC(=O)c5ccc6c(c5)OCCO6)ccc4F)ccc3n2)CC1.[2H]C1([2H])N(CC)C([2H])([2H])C([2H])(C)N(Cc2ccc3cc(C(=O)Cc4cc(CC(=O)c5ccc6c(c5)OCCO6)ccc4F)ccc3n2)C1([2H])[2H].[2H]C1([2H])Oc2ccc(C(=O)Cc3ccc(F)c(CC(=O)c4ccc5nc(CN6CCN(CC)CC6)ccc5c4)c3)cc2OC1([2H])[2H]. The second kappa shape index (κ2) is 40.9. The van der Waals surface area contributed by atoms with Crippen LogP contribution in [0.4, 0.5) is 13.2 Å². The van der Waals surface area contributed by atoms with E-state index in [1.165, 1.54) is 79.4 Å². The number of halogens is 3. The summed E-state index contributed by atoms with van der Waals surface area (Å²) in [5, 5.41) is 2.15. The molecule has 3 fully saturated rings. The van der Waals surface area contributed by atoms with Gasteiger partial charge in [0.05, 0.1) is 39.1 Å². The third kappa shape index (κ3) is 22.3. The van der Waals surface area contributed by atoms with E-state index in [-0.39, 0.29) is 126 Å². The van der Waals surface area contributed by atoms with Gasteiger partial charge in [-0.05, 0) is 205 Å². The van der Waals surface area contributed by atoms with Gasteiger partial charge in [0.1, 0.15) is 57.0 Å². The Balaban J connectivity index is 0.000000154. The molecule has 0 saturated carbocycles. The number of likely N-dealkylation sites (N-methyl/N-ethyl adjacent to an activating group) is 3. The van der Waals surface area contributed by atoms with Gasteiger partial charge in [0.25, 0.3) is 0 Å². The molecule has 0 amide bonds. The number of nitrogens with zero attached hydrogens (tertiary/aromatic N) is 9. The minimum atomic E-state index is -2.76. The lowest BCUT2D eigenvalue weighted by atomic mass is 9.97. The van der Waals surface area contributed by atoms with Crippen LogP contribution in [0.25, 0.3) is 32.7 Å². The molecule has 3 aromatic heterocycles. The van der Waals surface area contributed by atoms with Crippen molar-refractivity contribution in [3.63, 3.8) is 0 Å². The van der Waals surface area contributed by atoms with E-state index in [0.717, 1.165) is 76.7 Å². The van der Waals surface area contributed by atoms with Gasteiger partial charge in [-0.25, -0.2) is 13.2 Å². The van der Waals surface area contributed by atoms with E-state index >= 15 is 0 Å². The van der Waals surface area contributed by atoms with Crippen LogP contribution in [0, 0.1) is 17.5 Å². The first-order valence-corrected chi connectivity index (χ1v) is 42.2. The van der Waals surface area contributed by atoms with E-state index in [1.54, 1.807) is 109 Å². The number of hydrogen-bond acceptors (Lipinski definition) is 21. The fourth-order valence-corrected chi connectivity index (χ4v) is 15.7. The van der Waals surface area contributed by atoms with E-state index in [0.29, 0.717) is 143 Å². The molecule has 24 heteroatoms. The van der Waals surface area contributed by atoms with E-state index in [1.807, 2.05) is 30.3 Å². The third-order valence-electron chi connectivity index (χ3n) is 22.9. The van der Waals surface area contributed by atoms with Crippen LogP contribution in [0.1, 0.15) is 162 Å². The number of ketones is 6. The number of Topliss-reactive ketones (excluding diaryl/α,β-unsaturated/α-hetero) is 6. The smallest absolute Gasteiger partial charge is 0.167 e. The first-order chi connectivity index (χ1) is 67.7. The van der Waals surface area contributed by atoms with Gasteiger partial charge in [0, 0.05) is 202 Å². The average Bonchev–Trinajstić information content (AvgIpc) is 0.692. The summed E-state index contributed by atoms with van der Waals surface area (Å²) in [5.41, 5.74) is 8.41. The Morgan fingerprint density at radius 3 is 1.09 bits per heavy atom. The van der Waals surface area contributed by atoms with Crippen molar-refractivity contribution < 1.29 is 92.3 Å². The summed E-state index contributed by atoms with van der Waals surface area (Å²) < 4.78 is 206. The molecule has 18 rings (SSSR count). The lowest BCUT2D eigenvalue weighted by molar-refractivity contribution is 0.0803. The zero-order valence-electron chi connectivity index (χ0n) is 86.4. The van der Waals surface area contributed by atoms with Crippen molar-refractivity contribution in [1.82, 2.24) is 44.4 Å². The first kappa shape index (κ1) is 69.7. The molecule has 6 aliphatic heterocycles. The van der Waals surface area contributed by atoms with Gasteiger partial charge in [0.15, 0.2) is 69.2 Å². The Morgan fingerprint density at radius 1 is 0.370 bits per heavy atom. The minimum Gasteiger partial charge on any atom is -0.486 e. The molecule has 12 aromatic rings. The van der Waals surface area contributed by atoms with Crippen LogP contribution in [0.5, 0.6) is 34.5 Å². The molecule has 0 N–H and O–H groups in total. The Hall–Kier alpha value is -12.4. The number of aromatic nitrogens is 3. The molecule has 3 saturated heterocycles. The van der Waals surface area contributed by atoms with Gasteiger partial charge in [-0.15, -0.1) is 0 Å². The van der Waals surface area contributed by atoms with Crippen molar-refractivity contribution in [1.29, 1.82) is 0 Å². The van der Waals surface area contributed by atoms with Crippen LogP contribution < -0.4 is 28.4 Å². The maximum Gasteiger partial charge on any atom is 0.167 e. The molecular formula is C103H104F3N9O12. The number of carbonyl (C=O) groups excluding carboxylic acids is 6. The topological polar surface area (TPSA) is 216 Å². The standard InChI is InChI=1S/C35H36FN3O4.2C34H34FN3O4/c1-3-38-12-13-39(23(2)21-38)22-29-8-5-25-18-26(6-10-31(25)37-29)33(41)19-28-16-24(4-9-30(28)36)17-32(40)27-7-11-34-35(20-27)43-15-14-42-34;2*1-2-37-11-13-38(14-12-37)22-28-7-4-24-19-25(5-9-30(24)36-28)32(40)20-27-17-23(3-8-29(27)35)18-31(39)26-6-10-33-34(21-26)42-16-15-41-33/h4-11,16,18,20,23H,3,12-15,17,19,21-22H2,1-2H3;2*3-10,17,19,21H,2,11-16,18,20,22H2,1H3/i12D2,13D2,21D2,23D;15D2,16D2;1D3,2D2. The van der Waals surface area contributed by atoms with Crippen molar-refractivity contribution >= 4 is 67.4 Å². The molecule has 9 aromatic carbocycles. The molecule has 0 spiro atoms. The van der Waals surface area contributed by atoms with E-state index in [4.69, 9.17) is 60.3 Å². The highest BCUT2D eigenvalue weighted by Crippen LogP contribution is 2.36.